The Balaban J connectivity index is 1.99. The molecule has 1 unspecified atom stereocenters. The van der Waals surface area contributed by atoms with Gasteiger partial charge < -0.3 is 15.2 Å². The summed E-state index contributed by atoms with van der Waals surface area (Å²) in [4.78, 5) is 12.1. The van der Waals surface area contributed by atoms with Crippen molar-refractivity contribution in [1.82, 2.24) is 5.32 Å². The molecule has 1 saturated heterocycles. The average molecular weight is 281 g/mol. The van der Waals surface area contributed by atoms with Gasteiger partial charge in [-0.05, 0) is 49.4 Å². The van der Waals surface area contributed by atoms with Crippen molar-refractivity contribution in [2.75, 3.05) is 19.8 Å². The number of aliphatic hydroxyl groups is 1. The predicted molar refractivity (Wildman–Crippen MR) is 72.9 cm³/mol. The highest BCUT2D eigenvalue weighted by Gasteiger charge is 2.25. The standard InChI is InChI=1S/C15H20FNO3/c16-13-3-1-12(2-4-13)15(19)17-14(5-8-18)11-6-9-20-10-7-11/h1-4,11,14,18H,5-10H2,(H,17,19). The molecule has 1 aliphatic heterocycles. The third kappa shape index (κ3) is 4.02. The monoisotopic (exact) mass is 281 g/mol. The van der Waals surface area contributed by atoms with E-state index in [0.29, 0.717) is 31.1 Å². The zero-order valence-electron chi connectivity index (χ0n) is 11.3. The molecule has 1 aromatic rings. The molecule has 1 aromatic carbocycles. The first-order chi connectivity index (χ1) is 9.70. The number of rotatable bonds is 5. The van der Waals surface area contributed by atoms with Gasteiger partial charge in [-0.3, -0.25) is 4.79 Å². The molecule has 0 bridgehead atoms. The smallest absolute Gasteiger partial charge is 0.251 e. The lowest BCUT2D eigenvalue weighted by Gasteiger charge is -2.30. The second-order valence-electron chi connectivity index (χ2n) is 5.05. The second-order valence-corrected chi connectivity index (χ2v) is 5.05. The van der Waals surface area contributed by atoms with Crippen LogP contribution >= 0.6 is 0 Å². The molecule has 2 rings (SSSR count). The number of nitrogens with one attached hydrogen (secondary N) is 1. The fraction of sp³-hybridized carbons (Fsp3) is 0.533. The van der Waals surface area contributed by atoms with Crippen LogP contribution in [0.2, 0.25) is 0 Å². The molecule has 0 aromatic heterocycles. The van der Waals surface area contributed by atoms with Crippen LogP contribution in [-0.4, -0.2) is 36.9 Å². The van der Waals surface area contributed by atoms with Crippen LogP contribution in [0.25, 0.3) is 0 Å². The zero-order valence-corrected chi connectivity index (χ0v) is 11.3. The first-order valence-corrected chi connectivity index (χ1v) is 6.95. The molecular formula is C15H20FNO3. The Bertz CT molecular complexity index is 429. The summed E-state index contributed by atoms with van der Waals surface area (Å²) in [7, 11) is 0. The first-order valence-electron chi connectivity index (χ1n) is 6.95. The molecule has 1 aliphatic rings. The van der Waals surface area contributed by atoms with Gasteiger partial charge in [-0.25, -0.2) is 4.39 Å². The third-order valence-electron chi connectivity index (χ3n) is 3.70. The van der Waals surface area contributed by atoms with Gasteiger partial charge in [0.25, 0.3) is 5.91 Å². The fourth-order valence-corrected chi connectivity index (χ4v) is 2.54. The molecule has 1 amide bonds. The minimum Gasteiger partial charge on any atom is -0.396 e. The summed E-state index contributed by atoms with van der Waals surface area (Å²) in [6, 6.07) is 5.39. The van der Waals surface area contributed by atoms with Gasteiger partial charge in [-0.1, -0.05) is 0 Å². The largest absolute Gasteiger partial charge is 0.396 e. The summed E-state index contributed by atoms with van der Waals surface area (Å²) in [6.07, 6.45) is 2.29. The van der Waals surface area contributed by atoms with Gasteiger partial charge >= 0.3 is 0 Å². The number of hydrogen-bond donors (Lipinski definition) is 2. The lowest BCUT2D eigenvalue weighted by atomic mass is 9.89. The van der Waals surface area contributed by atoms with Crippen molar-refractivity contribution in [2.45, 2.75) is 25.3 Å². The molecule has 1 heterocycles. The van der Waals surface area contributed by atoms with E-state index in [1.165, 1.54) is 24.3 Å². The van der Waals surface area contributed by atoms with Gasteiger partial charge in [0.2, 0.25) is 0 Å². The van der Waals surface area contributed by atoms with E-state index in [4.69, 9.17) is 9.84 Å². The van der Waals surface area contributed by atoms with Gasteiger partial charge in [0, 0.05) is 31.4 Å². The second kappa shape index (κ2) is 7.36. The van der Waals surface area contributed by atoms with Crippen molar-refractivity contribution >= 4 is 5.91 Å². The molecule has 1 atom stereocenters. The lowest BCUT2D eigenvalue weighted by Crippen LogP contribution is -2.43. The maximum atomic E-state index is 12.8. The lowest BCUT2D eigenvalue weighted by molar-refractivity contribution is 0.0479. The van der Waals surface area contributed by atoms with E-state index in [2.05, 4.69) is 5.32 Å². The molecule has 0 aliphatic carbocycles. The number of hydrogen-bond acceptors (Lipinski definition) is 3. The fourth-order valence-electron chi connectivity index (χ4n) is 2.54. The number of carbonyl (C=O) groups excluding carboxylic acids is 1. The Morgan fingerprint density at radius 3 is 2.60 bits per heavy atom. The van der Waals surface area contributed by atoms with E-state index in [9.17, 15) is 9.18 Å². The summed E-state index contributed by atoms with van der Waals surface area (Å²) in [5, 5.41) is 12.1. The highest BCUT2D eigenvalue weighted by Crippen LogP contribution is 2.21. The summed E-state index contributed by atoms with van der Waals surface area (Å²) in [5.41, 5.74) is 0.432. The van der Waals surface area contributed by atoms with Crippen LogP contribution in [0.3, 0.4) is 0 Å². The van der Waals surface area contributed by atoms with E-state index in [1.807, 2.05) is 0 Å². The zero-order chi connectivity index (χ0) is 14.4. The van der Waals surface area contributed by atoms with Crippen LogP contribution in [0.15, 0.2) is 24.3 Å². The molecule has 0 saturated carbocycles. The molecule has 2 N–H and O–H groups in total. The normalized spacial score (nSPS) is 17.7. The van der Waals surface area contributed by atoms with Crippen LogP contribution in [-0.2, 0) is 4.74 Å². The molecule has 0 radical (unpaired) electrons. The van der Waals surface area contributed by atoms with E-state index in [0.717, 1.165) is 12.8 Å². The van der Waals surface area contributed by atoms with Crippen molar-refractivity contribution in [2.24, 2.45) is 5.92 Å². The van der Waals surface area contributed by atoms with E-state index in [1.54, 1.807) is 0 Å². The van der Waals surface area contributed by atoms with Crippen LogP contribution in [0, 0.1) is 11.7 Å². The van der Waals surface area contributed by atoms with Gasteiger partial charge in [0.1, 0.15) is 5.82 Å². The number of halogens is 1. The molecule has 0 spiro atoms. The van der Waals surface area contributed by atoms with E-state index in [-0.39, 0.29) is 24.4 Å². The van der Waals surface area contributed by atoms with Crippen molar-refractivity contribution in [1.29, 1.82) is 0 Å². The van der Waals surface area contributed by atoms with Crippen LogP contribution in [0.1, 0.15) is 29.6 Å². The SMILES string of the molecule is O=C(NC(CCO)C1CCOCC1)c1ccc(F)cc1. The Labute approximate surface area is 117 Å². The minimum atomic E-state index is -0.363. The molecule has 5 heteroatoms. The highest BCUT2D eigenvalue weighted by molar-refractivity contribution is 5.94. The van der Waals surface area contributed by atoms with Gasteiger partial charge in [0.15, 0.2) is 0 Å². The van der Waals surface area contributed by atoms with E-state index < -0.39 is 0 Å². The number of amides is 1. The number of benzene rings is 1. The maximum absolute atomic E-state index is 12.8. The summed E-state index contributed by atoms with van der Waals surface area (Å²) < 4.78 is 18.2. The van der Waals surface area contributed by atoms with Crippen molar-refractivity contribution in [3.63, 3.8) is 0 Å². The maximum Gasteiger partial charge on any atom is 0.251 e. The Kier molecular flexibility index (Phi) is 5.49. The third-order valence-corrected chi connectivity index (χ3v) is 3.70. The highest BCUT2D eigenvalue weighted by atomic mass is 19.1. The Hall–Kier alpha value is -1.46. The molecule has 110 valence electrons. The minimum absolute atomic E-state index is 0.0335. The summed E-state index contributed by atoms with van der Waals surface area (Å²) in [5.74, 6) is -0.270. The predicted octanol–water partition coefficient (Wildman–Crippen LogP) is 1.73. The van der Waals surface area contributed by atoms with Crippen molar-refractivity contribution in [3.8, 4) is 0 Å². The molecular weight excluding hydrogens is 261 g/mol. The van der Waals surface area contributed by atoms with Crippen LogP contribution < -0.4 is 5.32 Å². The van der Waals surface area contributed by atoms with Gasteiger partial charge in [0.05, 0.1) is 0 Å². The van der Waals surface area contributed by atoms with Gasteiger partial charge in [-0.2, -0.15) is 0 Å². The number of carbonyl (C=O) groups is 1. The molecule has 4 nitrogen and oxygen atoms in total. The summed E-state index contributed by atoms with van der Waals surface area (Å²) >= 11 is 0. The van der Waals surface area contributed by atoms with Crippen molar-refractivity contribution in [3.05, 3.63) is 35.6 Å². The van der Waals surface area contributed by atoms with Crippen LogP contribution in [0.5, 0.6) is 0 Å². The quantitative estimate of drug-likeness (QED) is 0.864. The average Bonchev–Trinajstić information content (AvgIpc) is 2.48. The van der Waals surface area contributed by atoms with Crippen molar-refractivity contribution < 1.29 is 19.0 Å². The molecule has 1 fully saturated rings. The Morgan fingerprint density at radius 1 is 1.35 bits per heavy atom. The van der Waals surface area contributed by atoms with Gasteiger partial charge in [-0.15, -0.1) is 0 Å². The number of aliphatic hydroxyl groups excluding tert-OH is 1. The number of ether oxygens (including phenoxy) is 1. The van der Waals surface area contributed by atoms with E-state index >= 15 is 0 Å². The van der Waals surface area contributed by atoms with Crippen LogP contribution in [0.4, 0.5) is 4.39 Å². The molecule has 20 heavy (non-hydrogen) atoms. The summed E-state index contributed by atoms with van der Waals surface area (Å²) in [6.45, 7) is 1.42. The topological polar surface area (TPSA) is 58.6 Å². The Morgan fingerprint density at radius 2 is 2.00 bits per heavy atom. The first kappa shape index (κ1) is 14.9.